The Morgan fingerprint density at radius 1 is 0.825 bits per heavy atom. The molecule has 1 saturated carbocycles. The lowest BCUT2D eigenvalue weighted by atomic mass is 9.90. The molecule has 3 aliphatic rings. The van der Waals surface area contributed by atoms with Crippen molar-refractivity contribution < 1.29 is 18.6 Å². The van der Waals surface area contributed by atoms with Gasteiger partial charge in [-0.25, -0.2) is 8.78 Å². The smallest absolute Gasteiger partial charge is 0.263 e. The summed E-state index contributed by atoms with van der Waals surface area (Å²) >= 11 is 0. The molecule has 0 bridgehead atoms. The van der Waals surface area contributed by atoms with Crippen molar-refractivity contribution in [3.8, 4) is 5.75 Å². The minimum atomic E-state index is -2.70. The first kappa shape index (κ1) is 27.1. The summed E-state index contributed by atoms with van der Waals surface area (Å²) in [4.78, 5) is 9.04. The van der Waals surface area contributed by atoms with E-state index in [1.54, 1.807) is 6.20 Å². The van der Waals surface area contributed by atoms with Crippen LogP contribution in [0.25, 0.3) is 10.9 Å². The third-order valence-corrected chi connectivity index (χ3v) is 8.58. The summed E-state index contributed by atoms with van der Waals surface area (Å²) in [6.45, 7) is 3.89. The van der Waals surface area contributed by atoms with E-state index < -0.39 is 23.9 Å². The first-order valence-corrected chi connectivity index (χ1v) is 13.7. The predicted molar refractivity (Wildman–Crippen MR) is 154 cm³/mol. The second-order valence-corrected chi connectivity index (χ2v) is 10.9. The fourth-order valence-corrected chi connectivity index (χ4v) is 6.69. The molecule has 1 aromatic heterocycles. The number of fused-ring (bicyclic) bond motifs is 6. The van der Waals surface area contributed by atoms with Crippen molar-refractivity contribution >= 4 is 23.3 Å². The van der Waals surface area contributed by atoms with Gasteiger partial charge in [0.05, 0.1) is 23.4 Å². The Balaban J connectivity index is 0.00000289. The molecule has 2 heterocycles. The second-order valence-electron chi connectivity index (χ2n) is 10.9. The fourth-order valence-electron chi connectivity index (χ4n) is 6.69. The number of piperazine rings is 1. The molecule has 40 heavy (non-hydrogen) atoms. The normalized spacial score (nSPS) is 24.1. The van der Waals surface area contributed by atoms with Gasteiger partial charge in [0.2, 0.25) is 0 Å². The van der Waals surface area contributed by atoms with Crippen LogP contribution in [0.3, 0.4) is 0 Å². The maximum absolute atomic E-state index is 15.0. The first-order chi connectivity index (χ1) is 19.0. The van der Waals surface area contributed by atoms with E-state index in [9.17, 15) is 13.9 Å². The lowest BCUT2D eigenvalue weighted by Crippen LogP contribution is -2.50. The van der Waals surface area contributed by atoms with Gasteiger partial charge in [-0.05, 0) is 46.5 Å². The Labute approximate surface area is 238 Å². The highest BCUT2D eigenvalue weighted by Crippen LogP contribution is 2.70. The van der Waals surface area contributed by atoms with E-state index in [0.29, 0.717) is 6.54 Å². The highest BCUT2D eigenvalue weighted by Gasteiger charge is 2.71. The molecular weight excluding hydrogens is 532 g/mol. The summed E-state index contributed by atoms with van der Waals surface area (Å²) in [6, 6.07) is 25.1. The first-order valence-electron chi connectivity index (χ1n) is 13.7. The summed E-state index contributed by atoms with van der Waals surface area (Å²) in [5.41, 5.74) is 4.44. The molecule has 2 aliphatic carbocycles. The van der Waals surface area contributed by atoms with Crippen LogP contribution in [0, 0.1) is 0 Å². The largest absolute Gasteiger partial charge is 0.490 e. The molecule has 2 fully saturated rings. The number of halogens is 3. The predicted octanol–water partition coefficient (Wildman–Crippen LogP) is 5.63. The monoisotopic (exact) mass is 563 g/mol. The average Bonchev–Trinajstić information content (AvgIpc) is 3.58. The lowest BCUT2D eigenvalue weighted by molar-refractivity contribution is 0.0400. The van der Waals surface area contributed by atoms with Crippen LogP contribution in [0.4, 0.5) is 8.78 Å². The van der Waals surface area contributed by atoms with Gasteiger partial charge in [0.25, 0.3) is 5.92 Å². The molecule has 4 aromatic rings. The van der Waals surface area contributed by atoms with Gasteiger partial charge in [0, 0.05) is 44.3 Å². The maximum atomic E-state index is 15.0. The molecule has 8 heteroatoms. The van der Waals surface area contributed by atoms with Crippen LogP contribution < -0.4 is 4.74 Å². The van der Waals surface area contributed by atoms with Gasteiger partial charge in [-0.15, -0.1) is 12.4 Å². The Morgan fingerprint density at radius 3 is 2.10 bits per heavy atom. The number of alkyl halides is 2. The van der Waals surface area contributed by atoms with Crippen LogP contribution in [-0.2, 0) is 0 Å². The molecule has 7 rings (SSSR count). The van der Waals surface area contributed by atoms with Crippen molar-refractivity contribution in [2.45, 2.75) is 29.9 Å². The van der Waals surface area contributed by atoms with Gasteiger partial charge >= 0.3 is 0 Å². The molecule has 5 nitrogen and oxygen atoms in total. The van der Waals surface area contributed by atoms with E-state index >= 15 is 0 Å². The molecule has 2 unspecified atom stereocenters. The summed E-state index contributed by atoms with van der Waals surface area (Å²) in [7, 11) is 0. The topological polar surface area (TPSA) is 48.8 Å². The van der Waals surface area contributed by atoms with Crippen LogP contribution in [0.15, 0.2) is 85.1 Å². The van der Waals surface area contributed by atoms with Crippen LogP contribution >= 0.6 is 12.4 Å². The number of β-amino-alcohol motifs (C(OH)–C–C–N with tert-alkyl or cyclic N) is 1. The number of hydrogen-bond acceptors (Lipinski definition) is 5. The van der Waals surface area contributed by atoms with Gasteiger partial charge < -0.3 is 9.84 Å². The molecule has 3 aromatic carbocycles. The minimum absolute atomic E-state index is 0. The van der Waals surface area contributed by atoms with Gasteiger partial charge in [0.1, 0.15) is 18.5 Å². The Hall–Kier alpha value is -3.10. The molecule has 1 N–H and O–H groups in total. The van der Waals surface area contributed by atoms with Crippen LogP contribution in [-0.4, -0.2) is 71.2 Å². The molecule has 1 saturated heterocycles. The molecular formula is C32H32ClF2N3O2. The molecule has 208 valence electrons. The standard InChI is InChI=1S/C32H31F2N3O2.ClH/c33-32(34)29-22-7-1-3-9-24(22)31(25-10-4-2-8-23(25)30(29)32)37-17-15-36(16-18-37)19-21(38)20-39-28-13-5-12-27-26(28)11-6-14-35-27;/h1-14,21,29-31,38H,15-20H2;1H/t21?,29-,30+,31?;. The number of aromatic nitrogens is 1. The van der Waals surface area contributed by atoms with Crippen LogP contribution in [0.5, 0.6) is 5.75 Å². The van der Waals surface area contributed by atoms with Gasteiger partial charge in [-0.2, -0.15) is 0 Å². The van der Waals surface area contributed by atoms with Crippen molar-refractivity contribution in [1.29, 1.82) is 0 Å². The van der Waals surface area contributed by atoms with E-state index in [-0.39, 0.29) is 25.1 Å². The zero-order valence-electron chi connectivity index (χ0n) is 22.0. The Kier molecular flexibility index (Phi) is 7.25. The van der Waals surface area contributed by atoms with E-state index in [1.165, 1.54) is 0 Å². The number of pyridine rings is 1. The molecule has 1 aliphatic heterocycles. The third kappa shape index (κ3) is 4.65. The number of nitrogens with zero attached hydrogens (tertiary/aromatic N) is 3. The van der Waals surface area contributed by atoms with E-state index in [0.717, 1.165) is 65.1 Å². The van der Waals surface area contributed by atoms with Gasteiger partial charge in [-0.3, -0.25) is 14.8 Å². The summed E-state index contributed by atoms with van der Waals surface area (Å²) in [5.74, 6) is -3.46. The Morgan fingerprint density at radius 2 is 1.45 bits per heavy atom. The van der Waals surface area contributed by atoms with Gasteiger partial charge in [0.15, 0.2) is 0 Å². The van der Waals surface area contributed by atoms with Crippen molar-refractivity contribution in [2.24, 2.45) is 0 Å². The number of aliphatic hydroxyl groups excluding tert-OH is 1. The van der Waals surface area contributed by atoms with E-state index in [2.05, 4.69) is 14.8 Å². The SMILES string of the molecule is Cl.OC(COc1cccc2ncccc12)CN1CCN(C2c3ccccc3[C@@H]3[C@H](c4ccccc42)C3(F)F)CC1. The minimum Gasteiger partial charge on any atom is -0.490 e. The lowest BCUT2D eigenvalue weighted by Gasteiger charge is -2.41. The zero-order valence-corrected chi connectivity index (χ0v) is 22.8. The summed E-state index contributed by atoms with van der Waals surface area (Å²) in [5, 5.41) is 11.7. The fraction of sp³-hybridized carbons (Fsp3) is 0.344. The Bertz CT molecular complexity index is 1450. The number of rotatable bonds is 6. The third-order valence-electron chi connectivity index (χ3n) is 8.58. The average molecular weight is 564 g/mol. The summed E-state index contributed by atoms with van der Waals surface area (Å²) < 4.78 is 35.9. The highest BCUT2D eigenvalue weighted by atomic mass is 35.5. The number of benzene rings is 3. The molecule has 0 radical (unpaired) electrons. The zero-order chi connectivity index (χ0) is 26.6. The van der Waals surface area contributed by atoms with Crippen molar-refractivity contribution in [1.82, 2.24) is 14.8 Å². The molecule has 0 amide bonds. The van der Waals surface area contributed by atoms with Gasteiger partial charge in [-0.1, -0.05) is 54.6 Å². The maximum Gasteiger partial charge on any atom is 0.263 e. The van der Waals surface area contributed by atoms with E-state index in [4.69, 9.17) is 4.74 Å². The van der Waals surface area contributed by atoms with Crippen molar-refractivity contribution in [3.05, 3.63) is 107 Å². The van der Waals surface area contributed by atoms with Crippen LogP contribution in [0.1, 0.15) is 40.1 Å². The second kappa shape index (κ2) is 10.7. The number of ether oxygens (including phenoxy) is 1. The number of aliphatic hydroxyl groups is 1. The van der Waals surface area contributed by atoms with E-state index in [1.807, 2.05) is 78.9 Å². The quantitative estimate of drug-likeness (QED) is 0.329. The molecule has 0 spiro atoms. The molecule has 4 atom stereocenters. The van der Waals surface area contributed by atoms with Crippen molar-refractivity contribution in [2.75, 3.05) is 39.3 Å². The highest BCUT2D eigenvalue weighted by molar-refractivity contribution is 5.85. The number of hydrogen-bond donors (Lipinski definition) is 1. The summed E-state index contributed by atoms with van der Waals surface area (Å²) in [6.07, 6.45) is 1.13. The van der Waals surface area contributed by atoms with Crippen molar-refractivity contribution in [3.63, 3.8) is 0 Å². The van der Waals surface area contributed by atoms with Crippen LogP contribution in [0.2, 0.25) is 0 Å².